The molecule has 76 valence electrons. The van der Waals surface area contributed by atoms with E-state index in [1.54, 1.807) is 0 Å². The van der Waals surface area contributed by atoms with E-state index in [1.807, 2.05) is 0 Å². The van der Waals surface area contributed by atoms with Crippen LogP contribution < -0.4 is 0 Å². The molecule has 11 heteroatoms. The molecule has 13 heavy (non-hydrogen) atoms. The second kappa shape index (κ2) is 15.9. The second-order valence-corrected chi connectivity index (χ2v) is 2.24. The van der Waals surface area contributed by atoms with Gasteiger partial charge < -0.3 is 21.0 Å². The van der Waals surface area contributed by atoms with Crippen LogP contribution in [0.25, 0.3) is 0 Å². The van der Waals surface area contributed by atoms with Gasteiger partial charge in [-0.15, -0.1) is 0 Å². The third-order valence-electron chi connectivity index (χ3n) is 0.247. The molecule has 0 aromatic heterocycles. The van der Waals surface area contributed by atoms with Gasteiger partial charge in [0.05, 0.1) is 0 Å². The van der Waals surface area contributed by atoms with Gasteiger partial charge in [-0.25, -0.2) is 4.57 Å². The molecule has 0 aliphatic rings. The van der Waals surface area contributed by atoms with Crippen LogP contribution in [0.3, 0.4) is 0 Å². The minimum absolute atomic E-state index is 0. The monoisotopic (exact) mass is 242 g/mol. The van der Waals surface area contributed by atoms with Crippen molar-refractivity contribution in [1.82, 2.24) is 0 Å². The zero-order valence-corrected chi connectivity index (χ0v) is 6.46. The molecular weight excluding hydrogens is 229 g/mol. The van der Waals surface area contributed by atoms with Crippen molar-refractivity contribution in [3.63, 3.8) is 0 Å². The van der Waals surface area contributed by atoms with E-state index in [0.717, 1.165) is 6.92 Å². The summed E-state index contributed by atoms with van der Waals surface area (Å²) in [5.74, 6) is -0.988. The Labute approximate surface area is 119 Å². The summed E-state index contributed by atoms with van der Waals surface area (Å²) < 4.78 is 13.2. The van der Waals surface area contributed by atoms with Gasteiger partial charge in [0.2, 0.25) is 0 Å². The fourth-order valence-electron chi connectivity index (χ4n) is 0.167. The van der Waals surface area contributed by atoms with Crippen molar-refractivity contribution in [1.29, 1.82) is 0 Å². The van der Waals surface area contributed by atoms with Crippen molar-refractivity contribution in [2.45, 2.75) is 6.92 Å². The maximum absolute atomic E-state index is 9.74. The predicted octanol–water partition coefficient (Wildman–Crippen LogP) is -4.13. The first kappa shape index (κ1) is 36.6. The molecule has 0 radical (unpaired) electrons. The quantitative estimate of drug-likeness (QED) is 0.349. The first-order valence-electron chi connectivity index (χ1n) is 1.67. The van der Waals surface area contributed by atoms with Crippen molar-refractivity contribution < 1.29 is 40.1 Å². The first-order chi connectivity index (χ1) is 3.42. The van der Waals surface area contributed by atoms with Gasteiger partial charge in [-0.3, -0.25) is 14.6 Å². The third-order valence-corrected chi connectivity index (χ3v) is 0.742. The van der Waals surface area contributed by atoms with Crippen molar-refractivity contribution in [2.75, 3.05) is 0 Å². The molecule has 0 aliphatic carbocycles. The average Bonchev–Trinajstić information content (AvgIpc) is 1.21. The van der Waals surface area contributed by atoms with Crippen LogP contribution >= 0.6 is 7.82 Å². The summed E-state index contributed by atoms with van der Waals surface area (Å²) in [6.07, 6.45) is 0. The Balaban J connectivity index is -0.0000000245. The van der Waals surface area contributed by atoms with Crippen molar-refractivity contribution in [2.24, 2.45) is 0 Å². The first-order valence-corrected chi connectivity index (χ1v) is 3.20. The number of carbonyl (C=O) groups is 1. The second-order valence-electron chi connectivity index (χ2n) is 1.07. The summed E-state index contributed by atoms with van der Waals surface area (Å²) in [6, 6.07) is 0. The molecule has 0 amide bonds. The van der Waals surface area contributed by atoms with Crippen LogP contribution in [0.15, 0.2) is 0 Å². The van der Waals surface area contributed by atoms with E-state index in [2.05, 4.69) is 4.52 Å². The molecule has 0 spiro atoms. The minimum atomic E-state index is -4.57. The van der Waals surface area contributed by atoms with Gasteiger partial charge >= 0.3 is 72.9 Å². The fourth-order valence-corrected chi connectivity index (χ4v) is 0.502. The molecule has 0 fully saturated rings. The molecule has 0 rings (SSSR count). The molecule has 8 nitrogen and oxygen atoms in total. The van der Waals surface area contributed by atoms with Gasteiger partial charge in [0.25, 0.3) is 0 Å². The summed E-state index contributed by atoms with van der Waals surface area (Å²) in [6.45, 7) is 0.916. The van der Waals surface area contributed by atoms with Crippen LogP contribution in [0, 0.1) is 0 Å². The summed E-state index contributed by atoms with van der Waals surface area (Å²) >= 11 is 0. The molecule has 0 aliphatic heterocycles. The molecule has 0 heterocycles. The number of hydrogen-bond donors (Lipinski definition) is 2. The standard InChI is InChI=1S/C2H5O5P.2Na.3H2O.2H/c1-2(3)7-8(4,5)6;;;;;;;/h1H3,(H2,4,5,6);;;3*1H2;;. The van der Waals surface area contributed by atoms with Crippen LogP contribution in [0.4, 0.5) is 0 Å². The van der Waals surface area contributed by atoms with Crippen LogP contribution in [0.1, 0.15) is 6.92 Å². The summed E-state index contributed by atoms with van der Waals surface area (Å²) in [5, 5.41) is 0. The summed E-state index contributed by atoms with van der Waals surface area (Å²) in [7, 11) is -4.57. The molecule has 0 aromatic carbocycles. The van der Waals surface area contributed by atoms with Gasteiger partial charge in [0.1, 0.15) is 0 Å². The SMILES string of the molecule is CC(=O)OP(=O)(O)O.O.O.O.[NaH].[NaH]. The van der Waals surface area contributed by atoms with Crippen LogP contribution in [-0.2, 0) is 13.9 Å². The van der Waals surface area contributed by atoms with Crippen molar-refractivity contribution in [3.05, 3.63) is 0 Å². The van der Waals surface area contributed by atoms with Gasteiger partial charge in [-0.2, -0.15) is 0 Å². The molecule has 0 aromatic rings. The van der Waals surface area contributed by atoms with Crippen LogP contribution in [0.2, 0.25) is 0 Å². The van der Waals surface area contributed by atoms with E-state index in [4.69, 9.17) is 9.79 Å². The van der Waals surface area contributed by atoms with Gasteiger partial charge in [0.15, 0.2) is 0 Å². The Morgan fingerprint density at radius 1 is 1.15 bits per heavy atom. The molecule has 0 bridgehead atoms. The Morgan fingerprint density at radius 2 is 1.38 bits per heavy atom. The third kappa shape index (κ3) is 42.3. The molecule has 0 unspecified atom stereocenters. The van der Waals surface area contributed by atoms with E-state index in [0.29, 0.717) is 0 Å². The number of hydrogen-bond acceptors (Lipinski definition) is 3. The van der Waals surface area contributed by atoms with E-state index in [9.17, 15) is 9.36 Å². The number of phosphoric acid groups is 1. The summed E-state index contributed by atoms with van der Waals surface area (Å²) in [4.78, 5) is 25.5. The number of rotatable bonds is 1. The molecular formula is C2H13Na2O8P. The summed E-state index contributed by atoms with van der Waals surface area (Å²) in [5.41, 5.74) is 0. The zero-order valence-electron chi connectivity index (χ0n) is 5.57. The Kier molecular flexibility index (Phi) is 44.9. The van der Waals surface area contributed by atoms with Crippen LogP contribution in [0.5, 0.6) is 0 Å². The zero-order chi connectivity index (χ0) is 6.78. The molecule has 0 saturated carbocycles. The van der Waals surface area contributed by atoms with E-state index >= 15 is 0 Å². The van der Waals surface area contributed by atoms with E-state index in [1.165, 1.54) is 0 Å². The molecule has 0 saturated heterocycles. The normalized spacial score (nSPS) is 6.69. The predicted molar refractivity (Wildman–Crippen MR) is 48.9 cm³/mol. The van der Waals surface area contributed by atoms with Crippen LogP contribution in [-0.4, -0.2) is 91.3 Å². The molecule has 0 atom stereocenters. The Bertz CT molecular complexity index is 143. The maximum atomic E-state index is 9.74. The van der Waals surface area contributed by atoms with Gasteiger partial charge in [-0.1, -0.05) is 0 Å². The fraction of sp³-hybridized carbons (Fsp3) is 0.500. The topological polar surface area (TPSA) is 178 Å². The number of phosphoric ester groups is 1. The molecule has 8 N–H and O–H groups in total. The van der Waals surface area contributed by atoms with Gasteiger partial charge in [-0.05, 0) is 0 Å². The Hall–Kier alpha value is 1.50. The van der Waals surface area contributed by atoms with Crippen molar-refractivity contribution in [3.8, 4) is 0 Å². The average molecular weight is 242 g/mol. The van der Waals surface area contributed by atoms with Crippen molar-refractivity contribution >= 4 is 72.9 Å². The Morgan fingerprint density at radius 3 is 1.38 bits per heavy atom. The van der Waals surface area contributed by atoms with Gasteiger partial charge in [0, 0.05) is 6.92 Å². The van der Waals surface area contributed by atoms with E-state index < -0.39 is 13.8 Å². The van der Waals surface area contributed by atoms with E-state index in [-0.39, 0.29) is 75.5 Å². The number of carbonyl (C=O) groups excluding carboxylic acids is 1.